The molecule has 0 heterocycles. The predicted octanol–water partition coefficient (Wildman–Crippen LogP) is 1.38. The van der Waals surface area contributed by atoms with E-state index in [9.17, 15) is 18.1 Å². The van der Waals surface area contributed by atoms with Crippen LogP contribution in [-0.2, 0) is 10.1 Å². The largest absolute Gasteiger partial charge is 1.00 e. The van der Waals surface area contributed by atoms with Crippen LogP contribution in [0.15, 0.2) is 0 Å². The van der Waals surface area contributed by atoms with Crippen molar-refractivity contribution in [3.8, 4) is 0 Å². The third-order valence-electron chi connectivity index (χ3n) is 4.24. The average Bonchev–Trinajstić information content (AvgIpc) is 2.45. The maximum absolute atomic E-state index is 11.3. The predicted molar refractivity (Wildman–Crippen MR) is 90.9 cm³/mol. The van der Waals surface area contributed by atoms with Crippen LogP contribution in [0.4, 0.5) is 0 Å². The van der Waals surface area contributed by atoms with Crippen molar-refractivity contribution in [2.24, 2.45) is 0 Å². The SMILES string of the molecule is CCCCCCC(CCCCCC(O)CCCC)S(=O)(=O)[O-].[Na+]. The molecular formula is C17H35NaO4S. The fraction of sp³-hybridized carbons (Fsp3) is 1.00. The van der Waals surface area contributed by atoms with Gasteiger partial charge in [-0.2, -0.15) is 0 Å². The van der Waals surface area contributed by atoms with Gasteiger partial charge in [-0.3, -0.25) is 0 Å². The second-order valence-electron chi connectivity index (χ2n) is 6.40. The minimum atomic E-state index is -4.17. The van der Waals surface area contributed by atoms with E-state index in [4.69, 9.17) is 0 Å². The molecule has 1 N–H and O–H groups in total. The summed E-state index contributed by atoms with van der Waals surface area (Å²) in [5.74, 6) is 0. The van der Waals surface area contributed by atoms with Gasteiger partial charge in [-0.25, -0.2) is 8.42 Å². The van der Waals surface area contributed by atoms with Crippen LogP contribution in [-0.4, -0.2) is 29.4 Å². The molecule has 0 fully saturated rings. The van der Waals surface area contributed by atoms with Crippen LogP contribution in [0.5, 0.6) is 0 Å². The fourth-order valence-electron chi connectivity index (χ4n) is 2.74. The molecular weight excluding hydrogens is 323 g/mol. The molecule has 0 aliphatic heterocycles. The van der Waals surface area contributed by atoms with E-state index in [0.29, 0.717) is 12.8 Å². The maximum Gasteiger partial charge on any atom is 1.00 e. The molecule has 0 amide bonds. The van der Waals surface area contributed by atoms with Crippen molar-refractivity contribution < 1.29 is 47.6 Å². The second kappa shape index (κ2) is 16.3. The van der Waals surface area contributed by atoms with Gasteiger partial charge in [0.05, 0.1) is 16.2 Å². The molecule has 2 unspecified atom stereocenters. The van der Waals surface area contributed by atoms with Crippen molar-refractivity contribution in [2.45, 2.75) is 109 Å². The van der Waals surface area contributed by atoms with Gasteiger partial charge in [-0.15, -0.1) is 0 Å². The van der Waals surface area contributed by atoms with Crippen LogP contribution < -0.4 is 29.6 Å². The van der Waals surface area contributed by atoms with Crippen LogP contribution in [0, 0.1) is 0 Å². The summed E-state index contributed by atoms with van der Waals surface area (Å²) in [6.07, 6.45) is 11.1. The van der Waals surface area contributed by atoms with Crippen molar-refractivity contribution in [3.63, 3.8) is 0 Å². The molecule has 134 valence electrons. The zero-order chi connectivity index (χ0) is 16.8. The Bertz CT molecular complexity index is 347. The summed E-state index contributed by atoms with van der Waals surface area (Å²) in [6, 6.07) is 0. The van der Waals surface area contributed by atoms with E-state index in [-0.39, 0.29) is 35.7 Å². The van der Waals surface area contributed by atoms with Crippen molar-refractivity contribution in [1.82, 2.24) is 0 Å². The van der Waals surface area contributed by atoms with E-state index >= 15 is 0 Å². The Morgan fingerprint density at radius 3 is 1.70 bits per heavy atom. The smallest absolute Gasteiger partial charge is 0.748 e. The van der Waals surface area contributed by atoms with Gasteiger partial charge in [0.15, 0.2) is 0 Å². The topological polar surface area (TPSA) is 77.4 Å². The minimum Gasteiger partial charge on any atom is -0.748 e. The van der Waals surface area contributed by atoms with Gasteiger partial charge in [-0.1, -0.05) is 71.6 Å². The summed E-state index contributed by atoms with van der Waals surface area (Å²) in [7, 11) is -4.17. The fourth-order valence-corrected chi connectivity index (χ4v) is 3.66. The summed E-state index contributed by atoms with van der Waals surface area (Å²) >= 11 is 0. The summed E-state index contributed by atoms with van der Waals surface area (Å²) < 4.78 is 33.9. The standard InChI is InChI=1S/C17H36O4S.Na/c1-3-5-7-10-14-17(22(19,20)21)15-11-8-9-13-16(18)12-6-4-2;/h16-18H,3-15H2,1-2H3,(H,19,20,21);/q;+1/p-1. The number of hydrogen-bond acceptors (Lipinski definition) is 4. The first-order valence-electron chi connectivity index (χ1n) is 9.04. The molecule has 0 radical (unpaired) electrons. The van der Waals surface area contributed by atoms with Crippen molar-refractivity contribution in [3.05, 3.63) is 0 Å². The van der Waals surface area contributed by atoms with Crippen LogP contribution in [0.25, 0.3) is 0 Å². The van der Waals surface area contributed by atoms with E-state index in [1.807, 2.05) is 0 Å². The third kappa shape index (κ3) is 16.1. The van der Waals surface area contributed by atoms with Crippen molar-refractivity contribution >= 4 is 10.1 Å². The normalized spacial score (nSPS) is 14.3. The van der Waals surface area contributed by atoms with E-state index in [1.165, 1.54) is 0 Å². The van der Waals surface area contributed by atoms with E-state index in [2.05, 4.69) is 13.8 Å². The maximum atomic E-state index is 11.3. The Balaban J connectivity index is 0. The molecule has 0 spiro atoms. The van der Waals surface area contributed by atoms with Gasteiger partial charge in [0.25, 0.3) is 0 Å². The molecule has 0 bridgehead atoms. The summed E-state index contributed by atoms with van der Waals surface area (Å²) in [5, 5.41) is 9.03. The summed E-state index contributed by atoms with van der Waals surface area (Å²) in [6.45, 7) is 4.22. The summed E-state index contributed by atoms with van der Waals surface area (Å²) in [5.41, 5.74) is 0. The van der Waals surface area contributed by atoms with Gasteiger partial charge in [0.2, 0.25) is 0 Å². The van der Waals surface area contributed by atoms with Crippen LogP contribution in [0.1, 0.15) is 97.3 Å². The number of aliphatic hydroxyl groups is 1. The summed E-state index contributed by atoms with van der Waals surface area (Å²) in [4.78, 5) is 0. The molecule has 6 heteroatoms. The van der Waals surface area contributed by atoms with Crippen LogP contribution in [0.3, 0.4) is 0 Å². The van der Waals surface area contributed by atoms with Crippen LogP contribution >= 0.6 is 0 Å². The van der Waals surface area contributed by atoms with Crippen molar-refractivity contribution in [1.29, 1.82) is 0 Å². The van der Waals surface area contributed by atoms with Gasteiger partial charge >= 0.3 is 29.6 Å². The Morgan fingerprint density at radius 1 is 0.783 bits per heavy atom. The van der Waals surface area contributed by atoms with Gasteiger partial charge in [0, 0.05) is 5.25 Å². The Labute approximate surface area is 165 Å². The molecule has 23 heavy (non-hydrogen) atoms. The zero-order valence-electron chi connectivity index (χ0n) is 15.4. The number of rotatable bonds is 15. The molecule has 0 aromatic carbocycles. The Morgan fingerprint density at radius 2 is 1.22 bits per heavy atom. The Hall–Kier alpha value is 0.870. The molecule has 0 aromatic heterocycles. The monoisotopic (exact) mass is 358 g/mol. The quantitative estimate of drug-likeness (QED) is 0.272. The number of hydrogen-bond donors (Lipinski definition) is 1. The zero-order valence-corrected chi connectivity index (χ0v) is 18.2. The first-order valence-corrected chi connectivity index (χ1v) is 10.5. The first kappa shape index (κ1) is 26.1. The molecule has 0 saturated carbocycles. The van der Waals surface area contributed by atoms with Crippen molar-refractivity contribution in [2.75, 3.05) is 0 Å². The molecule has 4 nitrogen and oxygen atoms in total. The third-order valence-corrected chi connectivity index (χ3v) is 5.53. The Kier molecular flexibility index (Phi) is 18.5. The number of unbranched alkanes of at least 4 members (excludes halogenated alkanes) is 6. The molecule has 0 aromatic rings. The molecule has 2 atom stereocenters. The number of aliphatic hydroxyl groups excluding tert-OH is 1. The second-order valence-corrected chi connectivity index (χ2v) is 8.05. The average molecular weight is 359 g/mol. The molecule has 0 aliphatic rings. The first-order chi connectivity index (χ1) is 10.4. The van der Waals surface area contributed by atoms with Gasteiger partial charge in [-0.05, 0) is 25.7 Å². The molecule has 0 saturated heterocycles. The molecule has 0 rings (SSSR count). The van der Waals surface area contributed by atoms with Gasteiger partial charge in [0.1, 0.15) is 0 Å². The van der Waals surface area contributed by atoms with E-state index in [0.717, 1.165) is 70.6 Å². The van der Waals surface area contributed by atoms with E-state index in [1.54, 1.807) is 0 Å². The van der Waals surface area contributed by atoms with E-state index < -0.39 is 15.4 Å². The minimum absolute atomic E-state index is 0. The van der Waals surface area contributed by atoms with Gasteiger partial charge < -0.3 is 9.66 Å². The molecule has 0 aliphatic carbocycles. The van der Waals surface area contributed by atoms with Crippen LogP contribution in [0.2, 0.25) is 0 Å².